The van der Waals surface area contributed by atoms with E-state index in [4.69, 9.17) is 0 Å². The van der Waals surface area contributed by atoms with Gasteiger partial charge < -0.3 is 5.32 Å². The van der Waals surface area contributed by atoms with Crippen molar-refractivity contribution < 1.29 is 14.1 Å². The molecule has 1 N–H and O–H groups in total. The Morgan fingerprint density at radius 1 is 1.40 bits per heavy atom. The highest BCUT2D eigenvalue weighted by Crippen LogP contribution is 2.21. The van der Waals surface area contributed by atoms with Crippen LogP contribution in [0.5, 0.6) is 0 Å². The standard InChI is InChI=1S/C13H9FN2O3S/c14-11-5-3-9(16(18)19)8-12(11)15-13(17)6-4-10-2-1-7-20-10/h1-8H,(H,15,17)/b6-4+. The molecule has 0 bridgehead atoms. The predicted octanol–water partition coefficient (Wildman–Crippen LogP) is 3.45. The fourth-order valence-corrected chi connectivity index (χ4v) is 2.06. The van der Waals surface area contributed by atoms with Crippen LogP contribution < -0.4 is 5.32 Å². The van der Waals surface area contributed by atoms with Crippen LogP contribution in [0.1, 0.15) is 4.88 Å². The topological polar surface area (TPSA) is 72.2 Å². The molecule has 2 aromatic rings. The van der Waals surface area contributed by atoms with Gasteiger partial charge in [-0.2, -0.15) is 0 Å². The van der Waals surface area contributed by atoms with Crippen molar-refractivity contribution in [3.8, 4) is 0 Å². The lowest BCUT2D eigenvalue weighted by Crippen LogP contribution is -2.09. The largest absolute Gasteiger partial charge is 0.320 e. The molecule has 0 aliphatic carbocycles. The first kappa shape index (κ1) is 13.9. The van der Waals surface area contributed by atoms with Gasteiger partial charge in [-0.05, 0) is 23.6 Å². The molecule has 5 nitrogen and oxygen atoms in total. The van der Waals surface area contributed by atoms with Crippen LogP contribution in [-0.4, -0.2) is 10.8 Å². The molecule has 0 fully saturated rings. The minimum Gasteiger partial charge on any atom is -0.320 e. The van der Waals surface area contributed by atoms with Crippen LogP contribution in [0.4, 0.5) is 15.8 Å². The Labute approximate surface area is 117 Å². The van der Waals surface area contributed by atoms with E-state index in [-0.39, 0.29) is 11.4 Å². The molecule has 0 atom stereocenters. The predicted molar refractivity (Wildman–Crippen MR) is 75.0 cm³/mol. The Kier molecular flexibility index (Phi) is 4.21. The van der Waals surface area contributed by atoms with Gasteiger partial charge in [0, 0.05) is 23.1 Å². The molecule has 0 spiro atoms. The summed E-state index contributed by atoms with van der Waals surface area (Å²) >= 11 is 1.45. The number of nitro groups is 1. The van der Waals surface area contributed by atoms with Gasteiger partial charge in [-0.3, -0.25) is 14.9 Å². The molecule has 102 valence electrons. The van der Waals surface area contributed by atoms with Crippen LogP contribution in [0, 0.1) is 15.9 Å². The highest BCUT2D eigenvalue weighted by molar-refractivity contribution is 7.10. The molecule has 0 saturated heterocycles. The summed E-state index contributed by atoms with van der Waals surface area (Å²) in [5.41, 5.74) is -0.510. The zero-order chi connectivity index (χ0) is 14.5. The molecular formula is C13H9FN2O3S. The van der Waals surface area contributed by atoms with Gasteiger partial charge in [-0.25, -0.2) is 4.39 Å². The fourth-order valence-electron chi connectivity index (χ4n) is 1.44. The van der Waals surface area contributed by atoms with Crippen LogP contribution in [0.25, 0.3) is 6.08 Å². The average molecular weight is 292 g/mol. The summed E-state index contributed by atoms with van der Waals surface area (Å²) in [6.07, 6.45) is 2.82. The fraction of sp³-hybridized carbons (Fsp3) is 0. The highest BCUT2D eigenvalue weighted by atomic mass is 32.1. The third-order valence-corrected chi connectivity index (χ3v) is 3.20. The van der Waals surface area contributed by atoms with Crippen molar-refractivity contribution in [2.45, 2.75) is 0 Å². The van der Waals surface area contributed by atoms with E-state index in [1.807, 2.05) is 17.5 Å². The molecule has 1 aromatic heterocycles. The number of halogens is 1. The third-order valence-electron chi connectivity index (χ3n) is 2.36. The number of non-ortho nitro benzene ring substituents is 1. The molecule has 0 saturated carbocycles. The number of amides is 1. The summed E-state index contributed by atoms with van der Waals surface area (Å²) < 4.78 is 13.4. The molecule has 0 unspecified atom stereocenters. The maximum absolute atomic E-state index is 13.4. The van der Waals surface area contributed by atoms with Crippen molar-refractivity contribution in [3.05, 3.63) is 62.6 Å². The van der Waals surface area contributed by atoms with Crippen LogP contribution in [-0.2, 0) is 4.79 Å². The van der Waals surface area contributed by atoms with E-state index >= 15 is 0 Å². The van der Waals surface area contributed by atoms with E-state index in [9.17, 15) is 19.3 Å². The Morgan fingerprint density at radius 3 is 2.85 bits per heavy atom. The lowest BCUT2D eigenvalue weighted by molar-refractivity contribution is -0.384. The zero-order valence-electron chi connectivity index (χ0n) is 10.1. The number of benzene rings is 1. The molecule has 2 rings (SSSR count). The van der Waals surface area contributed by atoms with Crippen LogP contribution in [0.15, 0.2) is 41.8 Å². The molecule has 0 aliphatic rings. The maximum Gasteiger partial charge on any atom is 0.271 e. The minimum atomic E-state index is -0.728. The van der Waals surface area contributed by atoms with Gasteiger partial charge in [-0.1, -0.05) is 6.07 Å². The number of anilines is 1. The number of hydrogen-bond donors (Lipinski definition) is 1. The minimum absolute atomic E-state index is 0.222. The smallest absolute Gasteiger partial charge is 0.271 e. The van der Waals surface area contributed by atoms with Gasteiger partial charge in [0.05, 0.1) is 10.6 Å². The van der Waals surface area contributed by atoms with Crippen molar-refractivity contribution in [3.63, 3.8) is 0 Å². The Morgan fingerprint density at radius 2 is 2.20 bits per heavy atom. The first-order chi connectivity index (χ1) is 9.56. The van der Waals surface area contributed by atoms with E-state index < -0.39 is 16.6 Å². The summed E-state index contributed by atoms with van der Waals surface area (Å²) in [5.74, 6) is -1.29. The van der Waals surface area contributed by atoms with Crippen molar-refractivity contribution in [1.82, 2.24) is 0 Å². The molecule has 1 aromatic carbocycles. The summed E-state index contributed by atoms with van der Waals surface area (Å²) in [6, 6.07) is 6.61. The number of carbonyl (C=O) groups is 1. The molecule has 1 amide bonds. The summed E-state index contributed by atoms with van der Waals surface area (Å²) in [4.78, 5) is 22.4. The number of nitrogens with one attached hydrogen (secondary N) is 1. The second-order valence-electron chi connectivity index (χ2n) is 3.76. The lowest BCUT2D eigenvalue weighted by Gasteiger charge is -2.03. The third kappa shape index (κ3) is 3.48. The van der Waals surface area contributed by atoms with Crippen LogP contribution in [0.2, 0.25) is 0 Å². The summed E-state index contributed by atoms with van der Waals surface area (Å²) in [5, 5.41) is 14.7. The summed E-state index contributed by atoms with van der Waals surface area (Å²) in [7, 11) is 0. The maximum atomic E-state index is 13.4. The van der Waals surface area contributed by atoms with Crippen molar-refractivity contribution in [2.24, 2.45) is 0 Å². The normalized spacial score (nSPS) is 10.7. The van der Waals surface area contributed by atoms with Crippen molar-refractivity contribution in [1.29, 1.82) is 0 Å². The second kappa shape index (κ2) is 6.07. The number of hydrogen-bond acceptors (Lipinski definition) is 4. The van der Waals surface area contributed by atoms with Gasteiger partial charge in [0.1, 0.15) is 5.82 Å². The number of nitrogens with zero attached hydrogens (tertiary/aromatic N) is 1. The van der Waals surface area contributed by atoms with Gasteiger partial charge in [0.25, 0.3) is 5.69 Å². The van der Waals surface area contributed by atoms with Crippen LogP contribution in [0.3, 0.4) is 0 Å². The van der Waals surface area contributed by atoms with E-state index in [0.717, 1.165) is 23.1 Å². The second-order valence-corrected chi connectivity index (χ2v) is 4.74. The molecule has 7 heteroatoms. The molecule has 0 aliphatic heterocycles. The monoisotopic (exact) mass is 292 g/mol. The van der Waals surface area contributed by atoms with Crippen molar-refractivity contribution >= 4 is 34.7 Å². The van der Waals surface area contributed by atoms with Crippen LogP contribution >= 0.6 is 11.3 Å². The van der Waals surface area contributed by atoms with E-state index in [1.54, 1.807) is 6.08 Å². The Balaban J connectivity index is 2.11. The number of nitro benzene ring substituents is 1. The number of thiophene rings is 1. The zero-order valence-corrected chi connectivity index (χ0v) is 10.9. The van der Waals surface area contributed by atoms with E-state index in [1.165, 1.54) is 17.4 Å². The average Bonchev–Trinajstić information content (AvgIpc) is 2.92. The number of carbonyl (C=O) groups excluding carboxylic acids is 1. The van der Waals surface area contributed by atoms with Crippen molar-refractivity contribution in [2.75, 3.05) is 5.32 Å². The lowest BCUT2D eigenvalue weighted by atomic mass is 10.2. The Bertz CT molecular complexity index is 668. The number of rotatable bonds is 4. The Hall–Kier alpha value is -2.54. The first-order valence-corrected chi connectivity index (χ1v) is 6.41. The van der Waals surface area contributed by atoms with E-state index in [2.05, 4.69) is 5.32 Å². The van der Waals surface area contributed by atoms with E-state index in [0.29, 0.717) is 0 Å². The van der Waals surface area contributed by atoms with Gasteiger partial charge in [0.15, 0.2) is 0 Å². The molecule has 20 heavy (non-hydrogen) atoms. The highest BCUT2D eigenvalue weighted by Gasteiger charge is 2.11. The summed E-state index contributed by atoms with van der Waals surface area (Å²) in [6.45, 7) is 0. The molecule has 0 radical (unpaired) electrons. The molecular weight excluding hydrogens is 283 g/mol. The molecule has 1 heterocycles. The van der Waals surface area contributed by atoms with Gasteiger partial charge >= 0.3 is 0 Å². The first-order valence-electron chi connectivity index (χ1n) is 5.53. The van der Waals surface area contributed by atoms with Gasteiger partial charge in [0.2, 0.25) is 5.91 Å². The quantitative estimate of drug-likeness (QED) is 0.533. The van der Waals surface area contributed by atoms with Gasteiger partial charge in [-0.15, -0.1) is 11.3 Å². The SMILES string of the molecule is O=C(/C=C/c1cccs1)Nc1cc([N+](=O)[O-])ccc1F.